The maximum atomic E-state index is 12.5. The number of rotatable bonds is 4. The fourth-order valence-electron chi connectivity index (χ4n) is 3.07. The lowest BCUT2D eigenvalue weighted by Crippen LogP contribution is -2.34. The van der Waals surface area contributed by atoms with Gasteiger partial charge in [-0.1, -0.05) is 20.8 Å². The molecule has 2 aromatic rings. The molecule has 0 aliphatic carbocycles. The molecule has 6 nitrogen and oxygen atoms in total. The Bertz CT molecular complexity index is 798. The molecular weight excluding hydrogens is 342 g/mol. The first kappa shape index (κ1) is 19.4. The molecule has 0 aromatic carbocycles. The molecule has 0 unspecified atom stereocenters. The molecule has 1 aliphatic heterocycles. The number of aryl methyl sites for hydroxylation is 1. The molecule has 0 atom stereocenters. The normalized spacial score (nSPS) is 16.8. The first-order valence-electron chi connectivity index (χ1n) is 9.52. The van der Waals surface area contributed by atoms with Crippen molar-refractivity contribution in [2.45, 2.75) is 46.1 Å². The van der Waals surface area contributed by atoms with E-state index in [0.717, 1.165) is 43.5 Å². The highest BCUT2D eigenvalue weighted by molar-refractivity contribution is 5.91. The lowest BCUT2D eigenvalue weighted by Gasteiger charge is -2.20. The first-order valence-corrected chi connectivity index (χ1v) is 9.52. The minimum atomic E-state index is -0.0356. The van der Waals surface area contributed by atoms with E-state index in [-0.39, 0.29) is 11.3 Å². The molecule has 1 amide bonds. The standard InChI is InChI=1S/C21H29N3O3/c1-16-6-7-17(26-16)8-9-20(25)24-11-5-10-23(12-13-24)15-19-22-14-18(27-19)21(2,3)4/h6-9,14H,5,10-13,15H2,1-4H3/b9-8+. The number of aromatic nitrogens is 1. The van der Waals surface area contributed by atoms with E-state index in [1.807, 2.05) is 30.2 Å². The van der Waals surface area contributed by atoms with Crippen LogP contribution in [0.1, 0.15) is 50.4 Å². The van der Waals surface area contributed by atoms with Gasteiger partial charge in [-0.2, -0.15) is 0 Å². The van der Waals surface area contributed by atoms with Gasteiger partial charge in [0.05, 0.1) is 12.7 Å². The van der Waals surface area contributed by atoms with Gasteiger partial charge in [-0.25, -0.2) is 4.98 Å². The number of oxazole rings is 1. The van der Waals surface area contributed by atoms with Gasteiger partial charge in [0.1, 0.15) is 17.3 Å². The Morgan fingerprint density at radius 3 is 2.67 bits per heavy atom. The maximum absolute atomic E-state index is 12.5. The number of carbonyl (C=O) groups excluding carboxylic acids is 1. The Balaban J connectivity index is 1.53. The van der Waals surface area contributed by atoms with Crippen molar-refractivity contribution in [2.24, 2.45) is 0 Å². The highest BCUT2D eigenvalue weighted by atomic mass is 16.4. The SMILES string of the molecule is Cc1ccc(/C=C/C(=O)N2CCCN(Cc3ncc(C(C)(C)C)o3)CC2)o1. The summed E-state index contributed by atoms with van der Waals surface area (Å²) in [5.74, 6) is 3.22. The third-order valence-corrected chi connectivity index (χ3v) is 4.70. The third kappa shape index (κ3) is 5.32. The molecule has 146 valence electrons. The van der Waals surface area contributed by atoms with Gasteiger partial charge in [-0.15, -0.1) is 0 Å². The molecule has 0 spiro atoms. The van der Waals surface area contributed by atoms with Gasteiger partial charge in [0, 0.05) is 37.7 Å². The van der Waals surface area contributed by atoms with Crippen molar-refractivity contribution in [1.82, 2.24) is 14.8 Å². The van der Waals surface area contributed by atoms with Crippen LogP contribution in [0.2, 0.25) is 0 Å². The smallest absolute Gasteiger partial charge is 0.246 e. The van der Waals surface area contributed by atoms with Crippen molar-refractivity contribution in [1.29, 1.82) is 0 Å². The predicted molar refractivity (Wildman–Crippen MR) is 104 cm³/mol. The van der Waals surface area contributed by atoms with Gasteiger partial charge in [-0.3, -0.25) is 9.69 Å². The van der Waals surface area contributed by atoms with E-state index in [4.69, 9.17) is 8.83 Å². The second-order valence-corrected chi connectivity index (χ2v) is 8.10. The number of carbonyl (C=O) groups is 1. The third-order valence-electron chi connectivity index (χ3n) is 4.70. The van der Waals surface area contributed by atoms with Crippen molar-refractivity contribution >= 4 is 12.0 Å². The second-order valence-electron chi connectivity index (χ2n) is 8.10. The Kier molecular flexibility index (Phi) is 5.85. The number of hydrogen-bond donors (Lipinski definition) is 0. The van der Waals surface area contributed by atoms with Crippen LogP contribution in [-0.2, 0) is 16.8 Å². The number of amides is 1. The van der Waals surface area contributed by atoms with Crippen molar-refractivity contribution in [3.05, 3.63) is 47.6 Å². The second kappa shape index (κ2) is 8.13. The minimum Gasteiger partial charge on any atom is -0.462 e. The van der Waals surface area contributed by atoms with E-state index >= 15 is 0 Å². The number of hydrogen-bond acceptors (Lipinski definition) is 5. The van der Waals surface area contributed by atoms with Crippen LogP contribution in [0.25, 0.3) is 6.08 Å². The molecule has 1 fully saturated rings. The Morgan fingerprint density at radius 2 is 2.00 bits per heavy atom. The molecule has 0 bridgehead atoms. The van der Waals surface area contributed by atoms with Crippen LogP contribution in [0.5, 0.6) is 0 Å². The Labute approximate surface area is 160 Å². The molecule has 2 aromatic heterocycles. The highest BCUT2D eigenvalue weighted by Crippen LogP contribution is 2.23. The quantitative estimate of drug-likeness (QED) is 0.768. The molecule has 1 saturated heterocycles. The summed E-state index contributed by atoms with van der Waals surface area (Å²) in [5, 5.41) is 0. The van der Waals surface area contributed by atoms with Crippen LogP contribution in [0.3, 0.4) is 0 Å². The molecule has 0 saturated carbocycles. The van der Waals surface area contributed by atoms with Crippen molar-refractivity contribution < 1.29 is 13.6 Å². The zero-order valence-electron chi connectivity index (χ0n) is 16.7. The molecule has 0 radical (unpaired) electrons. The van der Waals surface area contributed by atoms with Gasteiger partial charge in [-0.05, 0) is 31.6 Å². The van der Waals surface area contributed by atoms with Gasteiger partial charge in [0.2, 0.25) is 11.8 Å². The molecule has 1 aliphatic rings. The summed E-state index contributed by atoms with van der Waals surface area (Å²) in [7, 11) is 0. The van der Waals surface area contributed by atoms with Crippen LogP contribution in [-0.4, -0.2) is 46.9 Å². The number of nitrogens with zero attached hydrogens (tertiary/aromatic N) is 3. The highest BCUT2D eigenvalue weighted by Gasteiger charge is 2.22. The predicted octanol–water partition coefficient (Wildman–Crippen LogP) is 3.62. The fourth-order valence-corrected chi connectivity index (χ4v) is 3.07. The summed E-state index contributed by atoms with van der Waals surface area (Å²) in [6.45, 7) is 12.1. The summed E-state index contributed by atoms with van der Waals surface area (Å²) >= 11 is 0. The van der Waals surface area contributed by atoms with Gasteiger partial charge in [0.25, 0.3) is 0 Å². The average molecular weight is 371 g/mol. The van der Waals surface area contributed by atoms with Gasteiger partial charge in [0.15, 0.2) is 0 Å². The lowest BCUT2D eigenvalue weighted by molar-refractivity contribution is -0.125. The summed E-state index contributed by atoms with van der Waals surface area (Å²) < 4.78 is 11.4. The molecule has 3 rings (SSSR count). The van der Waals surface area contributed by atoms with E-state index in [1.54, 1.807) is 12.2 Å². The van der Waals surface area contributed by atoms with Crippen LogP contribution >= 0.6 is 0 Å². The first-order chi connectivity index (χ1) is 12.8. The largest absolute Gasteiger partial charge is 0.462 e. The zero-order chi connectivity index (χ0) is 19.4. The summed E-state index contributed by atoms with van der Waals surface area (Å²) in [5.41, 5.74) is -0.0356. The Morgan fingerprint density at radius 1 is 1.19 bits per heavy atom. The van der Waals surface area contributed by atoms with Crippen molar-refractivity contribution in [3.63, 3.8) is 0 Å². The summed E-state index contributed by atoms with van der Waals surface area (Å²) in [6.07, 6.45) is 6.09. The number of furan rings is 1. The van der Waals surface area contributed by atoms with Crippen LogP contribution in [0.4, 0.5) is 0 Å². The van der Waals surface area contributed by atoms with E-state index < -0.39 is 0 Å². The molecule has 3 heterocycles. The Hall–Kier alpha value is -2.34. The van der Waals surface area contributed by atoms with Crippen molar-refractivity contribution in [2.75, 3.05) is 26.2 Å². The summed E-state index contributed by atoms with van der Waals surface area (Å²) in [4.78, 5) is 21.1. The zero-order valence-corrected chi connectivity index (χ0v) is 16.7. The molecule has 0 N–H and O–H groups in total. The van der Waals surface area contributed by atoms with E-state index in [1.165, 1.54) is 0 Å². The molecule has 6 heteroatoms. The maximum Gasteiger partial charge on any atom is 0.246 e. The van der Waals surface area contributed by atoms with Crippen LogP contribution < -0.4 is 0 Å². The van der Waals surface area contributed by atoms with Gasteiger partial charge >= 0.3 is 0 Å². The topological polar surface area (TPSA) is 62.7 Å². The van der Waals surface area contributed by atoms with E-state index in [2.05, 4.69) is 30.7 Å². The molecular formula is C21H29N3O3. The average Bonchev–Trinajstić information content (AvgIpc) is 3.17. The van der Waals surface area contributed by atoms with Crippen LogP contribution in [0, 0.1) is 6.92 Å². The van der Waals surface area contributed by atoms with E-state index in [9.17, 15) is 4.79 Å². The monoisotopic (exact) mass is 371 g/mol. The van der Waals surface area contributed by atoms with Crippen molar-refractivity contribution in [3.8, 4) is 0 Å². The summed E-state index contributed by atoms with van der Waals surface area (Å²) in [6, 6.07) is 3.76. The fraction of sp³-hybridized carbons (Fsp3) is 0.524. The van der Waals surface area contributed by atoms with E-state index in [0.29, 0.717) is 18.8 Å². The minimum absolute atomic E-state index is 0.0250. The van der Waals surface area contributed by atoms with Crippen LogP contribution in [0.15, 0.2) is 33.2 Å². The van der Waals surface area contributed by atoms with Gasteiger partial charge < -0.3 is 13.7 Å². The lowest BCUT2D eigenvalue weighted by atomic mass is 9.94. The molecule has 27 heavy (non-hydrogen) atoms.